The van der Waals surface area contributed by atoms with Crippen LogP contribution in [0.15, 0.2) is 64.4 Å². The Labute approximate surface area is 134 Å². The number of hydrogen-bond acceptors (Lipinski definition) is 3. The number of halogens is 1. The Bertz CT molecular complexity index is 675. The minimum atomic E-state index is -3.53. The maximum atomic E-state index is 12.1. The Hall–Kier alpha value is -1.01. The van der Waals surface area contributed by atoms with Crippen molar-refractivity contribution >= 4 is 33.4 Å². The first-order valence-corrected chi connectivity index (χ1v) is 9.36. The fraction of sp³-hybridized carbons (Fsp3) is 0.200. The number of nitrogens with one attached hydrogen (secondary N) is 1. The molecule has 0 saturated carbocycles. The van der Waals surface area contributed by atoms with E-state index >= 15 is 0 Å². The van der Waals surface area contributed by atoms with E-state index in [1.54, 1.807) is 30.0 Å². The highest BCUT2D eigenvalue weighted by Crippen LogP contribution is 2.20. The third-order valence-corrected chi connectivity index (χ3v) is 5.81. The molecule has 0 amide bonds. The van der Waals surface area contributed by atoms with Gasteiger partial charge < -0.3 is 0 Å². The number of benzene rings is 2. The van der Waals surface area contributed by atoms with Crippen LogP contribution in [0.25, 0.3) is 0 Å². The lowest BCUT2D eigenvalue weighted by atomic mass is 10.4. The Kier molecular flexibility index (Phi) is 6.11. The van der Waals surface area contributed by atoms with Gasteiger partial charge in [-0.15, -0.1) is 11.8 Å². The van der Waals surface area contributed by atoms with E-state index in [0.717, 1.165) is 12.2 Å². The third kappa shape index (κ3) is 5.04. The molecule has 0 aromatic heterocycles. The van der Waals surface area contributed by atoms with Gasteiger partial charge in [0.25, 0.3) is 0 Å². The first kappa shape index (κ1) is 16.4. The molecule has 1 N–H and O–H groups in total. The molecule has 21 heavy (non-hydrogen) atoms. The van der Waals surface area contributed by atoms with Crippen LogP contribution in [0, 0.1) is 0 Å². The molecule has 0 heterocycles. The van der Waals surface area contributed by atoms with Crippen molar-refractivity contribution in [3.63, 3.8) is 0 Å². The molecule has 6 heteroatoms. The van der Waals surface area contributed by atoms with E-state index in [1.165, 1.54) is 11.0 Å². The van der Waals surface area contributed by atoms with Crippen LogP contribution in [0.3, 0.4) is 0 Å². The van der Waals surface area contributed by atoms with Crippen LogP contribution >= 0.6 is 23.4 Å². The summed E-state index contributed by atoms with van der Waals surface area (Å²) in [6.07, 6.45) is 0.753. The normalized spacial score (nSPS) is 11.5. The topological polar surface area (TPSA) is 46.2 Å². The summed E-state index contributed by atoms with van der Waals surface area (Å²) in [5, 5.41) is 0.240. The minimum Gasteiger partial charge on any atom is -0.211 e. The summed E-state index contributed by atoms with van der Waals surface area (Å²) in [6.45, 7) is 0.396. The zero-order valence-electron chi connectivity index (χ0n) is 11.3. The quantitative estimate of drug-likeness (QED) is 0.615. The van der Waals surface area contributed by atoms with E-state index in [9.17, 15) is 8.42 Å². The van der Waals surface area contributed by atoms with Gasteiger partial charge in [0, 0.05) is 11.4 Å². The molecule has 0 radical (unpaired) electrons. The summed E-state index contributed by atoms with van der Waals surface area (Å²) in [7, 11) is -3.53. The Balaban J connectivity index is 1.79. The zero-order chi connectivity index (χ0) is 15.1. The van der Waals surface area contributed by atoms with E-state index in [0.29, 0.717) is 6.54 Å². The van der Waals surface area contributed by atoms with E-state index in [4.69, 9.17) is 11.6 Å². The van der Waals surface area contributed by atoms with Crippen LogP contribution in [0.5, 0.6) is 0 Å². The minimum absolute atomic E-state index is 0.127. The van der Waals surface area contributed by atoms with Gasteiger partial charge in [-0.3, -0.25) is 0 Å². The van der Waals surface area contributed by atoms with E-state index in [1.807, 2.05) is 30.3 Å². The Morgan fingerprint density at radius 1 is 1.00 bits per heavy atom. The highest BCUT2D eigenvalue weighted by Gasteiger charge is 2.16. The largest absolute Gasteiger partial charge is 0.242 e. The van der Waals surface area contributed by atoms with Gasteiger partial charge in [0.15, 0.2) is 0 Å². The molecule has 112 valence electrons. The summed E-state index contributed by atoms with van der Waals surface area (Å²) in [5.41, 5.74) is 0. The van der Waals surface area contributed by atoms with Gasteiger partial charge in [0.05, 0.1) is 5.02 Å². The van der Waals surface area contributed by atoms with Gasteiger partial charge in [-0.1, -0.05) is 41.9 Å². The van der Waals surface area contributed by atoms with Crippen molar-refractivity contribution in [3.8, 4) is 0 Å². The van der Waals surface area contributed by atoms with Crippen molar-refractivity contribution in [2.75, 3.05) is 12.3 Å². The van der Waals surface area contributed by atoms with Crippen molar-refractivity contribution in [2.24, 2.45) is 0 Å². The molecule has 0 fully saturated rings. The molecule has 0 spiro atoms. The van der Waals surface area contributed by atoms with Crippen molar-refractivity contribution < 1.29 is 8.42 Å². The summed E-state index contributed by atoms with van der Waals surface area (Å²) in [5.74, 6) is 0.856. The van der Waals surface area contributed by atoms with Crippen molar-refractivity contribution in [2.45, 2.75) is 16.2 Å². The Morgan fingerprint density at radius 3 is 2.38 bits per heavy atom. The van der Waals surface area contributed by atoms with Crippen LogP contribution < -0.4 is 4.72 Å². The van der Waals surface area contributed by atoms with E-state index in [-0.39, 0.29) is 9.92 Å². The Morgan fingerprint density at radius 2 is 1.67 bits per heavy atom. The summed E-state index contributed by atoms with van der Waals surface area (Å²) >= 11 is 7.61. The average Bonchev–Trinajstić information content (AvgIpc) is 2.48. The van der Waals surface area contributed by atoms with Gasteiger partial charge in [-0.25, -0.2) is 13.1 Å². The lowest BCUT2D eigenvalue weighted by Gasteiger charge is -2.08. The molecule has 0 aliphatic rings. The van der Waals surface area contributed by atoms with Gasteiger partial charge in [-0.2, -0.15) is 0 Å². The highest BCUT2D eigenvalue weighted by molar-refractivity contribution is 7.99. The SMILES string of the molecule is O=S(=O)(NCCCSc1ccccc1)c1ccccc1Cl. The summed E-state index contributed by atoms with van der Waals surface area (Å²) in [6, 6.07) is 16.5. The maximum Gasteiger partial charge on any atom is 0.242 e. The number of sulfonamides is 1. The van der Waals surface area contributed by atoms with Crippen LogP contribution in [0.2, 0.25) is 5.02 Å². The number of thioether (sulfide) groups is 1. The first-order chi connectivity index (χ1) is 10.1. The first-order valence-electron chi connectivity index (χ1n) is 6.51. The van der Waals surface area contributed by atoms with Gasteiger partial charge in [0.1, 0.15) is 4.90 Å². The third-order valence-electron chi connectivity index (χ3n) is 2.75. The number of rotatable bonds is 7. The molecule has 3 nitrogen and oxygen atoms in total. The summed E-state index contributed by atoms with van der Waals surface area (Å²) in [4.78, 5) is 1.31. The molecule has 0 aliphatic heterocycles. The molecular weight excluding hydrogens is 326 g/mol. The number of hydrogen-bond donors (Lipinski definition) is 1. The van der Waals surface area contributed by atoms with Crippen LogP contribution in [0.1, 0.15) is 6.42 Å². The van der Waals surface area contributed by atoms with E-state index in [2.05, 4.69) is 4.72 Å². The predicted octanol–water partition coefficient (Wildman–Crippen LogP) is 3.80. The molecule has 2 aromatic carbocycles. The van der Waals surface area contributed by atoms with Gasteiger partial charge in [-0.05, 0) is 36.4 Å². The molecule has 0 unspecified atom stereocenters. The van der Waals surface area contributed by atoms with Crippen molar-refractivity contribution in [3.05, 3.63) is 59.6 Å². The second kappa shape index (κ2) is 7.84. The van der Waals surface area contributed by atoms with Crippen LogP contribution in [-0.2, 0) is 10.0 Å². The molecule has 0 bridgehead atoms. The molecule has 0 atom stereocenters. The van der Waals surface area contributed by atoms with Crippen LogP contribution in [0.4, 0.5) is 0 Å². The molecular formula is C15H16ClNO2S2. The van der Waals surface area contributed by atoms with Crippen molar-refractivity contribution in [1.82, 2.24) is 4.72 Å². The summed E-state index contributed by atoms with van der Waals surface area (Å²) < 4.78 is 26.7. The predicted molar refractivity (Wildman–Crippen MR) is 88.4 cm³/mol. The molecule has 0 saturated heterocycles. The lowest BCUT2D eigenvalue weighted by Crippen LogP contribution is -2.25. The van der Waals surface area contributed by atoms with E-state index < -0.39 is 10.0 Å². The zero-order valence-corrected chi connectivity index (χ0v) is 13.7. The molecule has 0 aliphatic carbocycles. The van der Waals surface area contributed by atoms with Gasteiger partial charge >= 0.3 is 0 Å². The highest BCUT2D eigenvalue weighted by atomic mass is 35.5. The fourth-order valence-corrected chi connectivity index (χ4v) is 4.19. The maximum absolute atomic E-state index is 12.1. The average molecular weight is 342 g/mol. The smallest absolute Gasteiger partial charge is 0.211 e. The van der Waals surface area contributed by atoms with Crippen LogP contribution in [-0.4, -0.2) is 20.7 Å². The van der Waals surface area contributed by atoms with Gasteiger partial charge in [0.2, 0.25) is 10.0 Å². The van der Waals surface area contributed by atoms with Crippen molar-refractivity contribution in [1.29, 1.82) is 0 Å². The standard InChI is InChI=1S/C15H16ClNO2S2/c16-14-9-4-5-10-15(14)21(18,19)17-11-6-12-20-13-7-2-1-3-8-13/h1-5,7-10,17H,6,11-12H2. The second-order valence-electron chi connectivity index (χ2n) is 4.34. The fourth-order valence-electron chi connectivity index (χ4n) is 1.73. The lowest BCUT2D eigenvalue weighted by molar-refractivity contribution is 0.581. The monoisotopic (exact) mass is 341 g/mol. The second-order valence-corrected chi connectivity index (χ2v) is 7.65. The molecule has 2 rings (SSSR count). The molecule has 2 aromatic rings.